The first-order valence-corrected chi connectivity index (χ1v) is 9.00. The molecule has 1 saturated heterocycles. The van der Waals surface area contributed by atoms with Crippen molar-refractivity contribution in [1.29, 1.82) is 0 Å². The number of rotatable bonds is 9. The SMILES string of the molecule is CN=C(NCCCOC1CCOC1)NCCc1cc(C)ccc1OC.I. The van der Waals surface area contributed by atoms with Gasteiger partial charge in [-0.3, -0.25) is 4.99 Å². The molecule has 1 atom stereocenters. The van der Waals surface area contributed by atoms with E-state index >= 15 is 0 Å². The van der Waals surface area contributed by atoms with E-state index in [9.17, 15) is 0 Å². The minimum atomic E-state index is 0. The minimum Gasteiger partial charge on any atom is -0.496 e. The molecule has 0 amide bonds. The molecule has 7 heteroatoms. The van der Waals surface area contributed by atoms with E-state index in [4.69, 9.17) is 14.2 Å². The summed E-state index contributed by atoms with van der Waals surface area (Å²) in [6, 6.07) is 6.25. The second-order valence-corrected chi connectivity index (χ2v) is 6.20. The molecule has 0 aromatic heterocycles. The lowest BCUT2D eigenvalue weighted by Gasteiger charge is -2.14. The van der Waals surface area contributed by atoms with Crippen molar-refractivity contribution in [1.82, 2.24) is 10.6 Å². The Balaban J connectivity index is 0.00000338. The predicted octanol–water partition coefficient (Wildman–Crippen LogP) is 2.52. The van der Waals surface area contributed by atoms with Crippen LogP contribution in [0.15, 0.2) is 23.2 Å². The lowest BCUT2D eigenvalue weighted by atomic mass is 10.1. The fourth-order valence-electron chi connectivity index (χ4n) is 2.81. The van der Waals surface area contributed by atoms with E-state index in [0.29, 0.717) is 0 Å². The van der Waals surface area contributed by atoms with Gasteiger partial charge in [0.2, 0.25) is 0 Å². The van der Waals surface area contributed by atoms with Gasteiger partial charge in [0.25, 0.3) is 0 Å². The first kappa shape index (κ1) is 23.0. The molecule has 6 nitrogen and oxygen atoms in total. The molecule has 148 valence electrons. The van der Waals surface area contributed by atoms with Gasteiger partial charge in [-0.25, -0.2) is 0 Å². The van der Waals surface area contributed by atoms with Crippen molar-refractivity contribution in [2.75, 3.05) is 47.1 Å². The first-order chi connectivity index (χ1) is 12.2. The smallest absolute Gasteiger partial charge is 0.190 e. The van der Waals surface area contributed by atoms with Crippen LogP contribution in [-0.2, 0) is 15.9 Å². The Labute approximate surface area is 174 Å². The first-order valence-electron chi connectivity index (χ1n) is 9.00. The summed E-state index contributed by atoms with van der Waals surface area (Å²) in [5.74, 6) is 1.75. The number of methoxy groups -OCH3 is 1. The van der Waals surface area contributed by atoms with Crippen molar-refractivity contribution in [2.24, 2.45) is 4.99 Å². The number of benzene rings is 1. The zero-order chi connectivity index (χ0) is 17.9. The molecule has 0 spiro atoms. The summed E-state index contributed by atoms with van der Waals surface area (Å²) in [7, 11) is 3.50. The summed E-state index contributed by atoms with van der Waals surface area (Å²) in [6.45, 7) is 6.04. The zero-order valence-corrected chi connectivity index (χ0v) is 18.4. The Morgan fingerprint density at radius 2 is 2.12 bits per heavy atom. The number of halogens is 1. The number of ether oxygens (including phenoxy) is 3. The van der Waals surface area contributed by atoms with E-state index in [1.807, 2.05) is 6.07 Å². The van der Waals surface area contributed by atoms with E-state index < -0.39 is 0 Å². The largest absolute Gasteiger partial charge is 0.496 e. The quantitative estimate of drug-likeness (QED) is 0.248. The topological polar surface area (TPSA) is 64.1 Å². The Bertz CT molecular complexity index is 549. The minimum absolute atomic E-state index is 0. The second-order valence-electron chi connectivity index (χ2n) is 6.20. The molecule has 0 bridgehead atoms. The highest BCUT2D eigenvalue weighted by Gasteiger charge is 2.15. The standard InChI is InChI=1S/C19H31N3O3.HI/c1-15-5-6-18(23-3)16(13-15)7-10-22-19(20-2)21-9-4-11-25-17-8-12-24-14-17;/h5-6,13,17H,4,7-12,14H2,1-3H3,(H2,20,21,22);1H. The summed E-state index contributed by atoms with van der Waals surface area (Å²) >= 11 is 0. The van der Waals surface area contributed by atoms with Gasteiger partial charge < -0.3 is 24.8 Å². The summed E-state index contributed by atoms with van der Waals surface area (Å²) in [5.41, 5.74) is 2.45. The third-order valence-corrected chi connectivity index (χ3v) is 4.20. The molecule has 2 rings (SSSR count). The molecule has 2 N–H and O–H groups in total. The van der Waals surface area contributed by atoms with Crippen molar-refractivity contribution in [2.45, 2.75) is 32.3 Å². The van der Waals surface area contributed by atoms with E-state index in [1.165, 1.54) is 11.1 Å². The average Bonchev–Trinajstić information content (AvgIpc) is 3.13. The lowest BCUT2D eigenvalue weighted by Crippen LogP contribution is -2.39. The van der Waals surface area contributed by atoms with Gasteiger partial charge >= 0.3 is 0 Å². The van der Waals surface area contributed by atoms with E-state index in [1.54, 1.807) is 14.2 Å². The molecule has 1 aliphatic heterocycles. The highest BCUT2D eigenvalue weighted by molar-refractivity contribution is 14.0. The van der Waals surface area contributed by atoms with Gasteiger partial charge in [0.1, 0.15) is 5.75 Å². The van der Waals surface area contributed by atoms with Crippen LogP contribution in [0.1, 0.15) is 24.0 Å². The Hall–Kier alpha value is -1.06. The highest BCUT2D eigenvalue weighted by Crippen LogP contribution is 2.19. The summed E-state index contributed by atoms with van der Waals surface area (Å²) < 4.78 is 16.5. The highest BCUT2D eigenvalue weighted by atomic mass is 127. The maximum Gasteiger partial charge on any atom is 0.190 e. The Kier molecular flexibility index (Phi) is 11.6. The van der Waals surface area contributed by atoms with Crippen LogP contribution in [0, 0.1) is 6.92 Å². The fraction of sp³-hybridized carbons (Fsp3) is 0.632. The Morgan fingerprint density at radius 1 is 1.31 bits per heavy atom. The van der Waals surface area contributed by atoms with Crippen LogP contribution in [0.5, 0.6) is 5.75 Å². The van der Waals surface area contributed by atoms with Crippen LogP contribution in [-0.4, -0.2) is 59.1 Å². The monoisotopic (exact) mass is 477 g/mol. The van der Waals surface area contributed by atoms with Crippen LogP contribution >= 0.6 is 24.0 Å². The third kappa shape index (κ3) is 8.09. The van der Waals surface area contributed by atoms with Gasteiger partial charge in [-0.05, 0) is 37.8 Å². The van der Waals surface area contributed by atoms with Crippen molar-refractivity contribution in [3.8, 4) is 5.75 Å². The maximum absolute atomic E-state index is 5.75. The van der Waals surface area contributed by atoms with Gasteiger partial charge in [-0.15, -0.1) is 24.0 Å². The van der Waals surface area contributed by atoms with Crippen molar-refractivity contribution in [3.63, 3.8) is 0 Å². The molecule has 1 aromatic rings. The molecule has 0 radical (unpaired) electrons. The summed E-state index contributed by atoms with van der Waals surface area (Å²) in [6.07, 6.45) is 3.12. The molecule has 0 aliphatic carbocycles. The van der Waals surface area contributed by atoms with Gasteiger partial charge in [0, 0.05) is 33.4 Å². The number of aryl methyl sites for hydroxylation is 1. The predicted molar refractivity (Wildman–Crippen MR) is 116 cm³/mol. The van der Waals surface area contributed by atoms with Crippen molar-refractivity contribution >= 4 is 29.9 Å². The maximum atomic E-state index is 5.75. The molecule has 0 saturated carbocycles. The van der Waals surface area contributed by atoms with Gasteiger partial charge in [0.15, 0.2) is 5.96 Å². The molecule has 1 unspecified atom stereocenters. The summed E-state index contributed by atoms with van der Waals surface area (Å²) in [5, 5.41) is 6.66. The van der Waals surface area contributed by atoms with E-state index in [0.717, 1.165) is 63.9 Å². The summed E-state index contributed by atoms with van der Waals surface area (Å²) in [4.78, 5) is 4.26. The molecule has 1 aromatic carbocycles. The van der Waals surface area contributed by atoms with Crippen LogP contribution in [0.4, 0.5) is 0 Å². The van der Waals surface area contributed by atoms with Gasteiger partial charge in [-0.1, -0.05) is 17.7 Å². The third-order valence-electron chi connectivity index (χ3n) is 4.20. The number of guanidine groups is 1. The van der Waals surface area contributed by atoms with Crippen LogP contribution in [0.2, 0.25) is 0 Å². The normalized spacial score (nSPS) is 16.9. The number of hydrogen-bond acceptors (Lipinski definition) is 4. The Morgan fingerprint density at radius 3 is 2.81 bits per heavy atom. The molecular weight excluding hydrogens is 445 g/mol. The average molecular weight is 477 g/mol. The van der Waals surface area contributed by atoms with Gasteiger partial charge in [-0.2, -0.15) is 0 Å². The van der Waals surface area contributed by atoms with Crippen LogP contribution in [0.3, 0.4) is 0 Å². The lowest BCUT2D eigenvalue weighted by molar-refractivity contribution is 0.0420. The number of hydrogen-bond donors (Lipinski definition) is 2. The van der Waals surface area contributed by atoms with Crippen LogP contribution in [0.25, 0.3) is 0 Å². The van der Waals surface area contributed by atoms with Crippen molar-refractivity contribution < 1.29 is 14.2 Å². The molecule has 1 heterocycles. The van der Waals surface area contributed by atoms with Crippen LogP contribution < -0.4 is 15.4 Å². The molecule has 1 aliphatic rings. The fourth-order valence-corrected chi connectivity index (χ4v) is 2.81. The van der Waals surface area contributed by atoms with Crippen molar-refractivity contribution in [3.05, 3.63) is 29.3 Å². The van der Waals surface area contributed by atoms with E-state index in [2.05, 4.69) is 34.7 Å². The molecule has 26 heavy (non-hydrogen) atoms. The number of aliphatic imine (C=N–C) groups is 1. The second kappa shape index (κ2) is 13.2. The van der Waals surface area contributed by atoms with E-state index in [-0.39, 0.29) is 30.1 Å². The molecular formula is C19H32IN3O3. The molecule has 1 fully saturated rings. The van der Waals surface area contributed by atoms with Gasteiger partial charge in [0.05, 0.1) is 19.8 Å². The zero-order valence-electron chi connectivity index (χ0n) is 16.0. The number of nitrogens with one attached hydrogen (secondary N) is 2. The number of nitrogens with zero attached hydrogens (tertiary/aromatic N) is 1.